The van der Waals surface area contributed by atoms with Gasteiger partial charge in [0.2, 0.25) is 5.82 Å². The summed E-state index contributed by atoms with van der Waals surface area (Å²) >= 11 is 0. The molecule has 0 aliphatic rings. The minimum absolute atomic E-state index is 0.196. The van der Waals surface area contributed by atoms with Crippen LogP contribution in [-0.2, 0) is 21.5 Å². The third-order valence-corrected chi connectivity index (χ3v) is 5.35. The summed E-state index contributed by atoms with van der Waals surface area (Å²) in [6.45, 7) is 8.03. The summed E-state index contributed by atoms with van der Waals surface area (Å²) < 4.78 is 0. The van der Waals surface area contributed by atoms with Gasteiger partial charge in [0.1, 0.15) is 11.7 Å². The van der Waals surface area contributed by atoms with Crippen LogP contribution in [0.1, 0.15) is 52.5 Å². The molecule has 0 aliphatic heterocycles. The van der Waals surface area contributed by atoms with E-state index >= 15 is 0 Å². The topological polar surface area (TPSA) is 98.0 Å². The number of carbonyl (C=O) groups is 2. The molecule has 0 bridgehead atoms. The molecule has 7 nitrogen and oxygen atoms in total. The van der Waals surface area contributed by atoms with E-state index in [1.165, 1.54) is 0 Å². The number of nitrogens with zero attached hydrogens (tertiary/aromatic N) is 4. The van der Waals surface area contributed by atoms with Crippen LogP contribution in [0.3, 0.4) is 0 Å². The summed E-state index contributed by atoms with van der Waals surface area (Å²) in [5.74, 6) is -1.72. The quantitative estimate of drug-likeness (QED) is 0.487. The van der Waals surface area contributed by atoms with E-state index in [0.717, 1.165) is 28.7 Å². The van der Waals surface area contributed by atoms with Gasteiger partial charge in [-0.3, -0.25) is 9.59 Å². The van der Waals surface area contributed by atoms with Gasteiger partial charge < -0.3 is 5.11 Å². The first-order chi connectivity index (χ1) is 15.2. The van der Waals surface area contributed by atoms with Gasteiger partial charge in [-0.05, 0) is 55.5 Å². The largest absolute Gasteiger partial charge is 0.481 e. The fourth-order valence-corrected chi connectivity index (χ4v) is 3.46. The molecule has 1 aromatic heterocycles. The zero-order valence-electron chi connectivity index (χ0n) is 19.1. The number of tetrazole rings is 1. The molecule has 1 heterocycles. The summed E-state index contributed by atoms with van der Waals surface area (Å²) in [5.41, 5.74) is 3.34. The van der Waals surface area contributed by atoms with Crippen LogP contribution in [0, 0.1) is 5.92 Å². The number of aromatic nitrogens is 4. The second-order valence-corrected chi connectivity index (χ2v) is 8.98. The molecule has 0 amide bonds. The molecule has 0 saturated heterocycles. The van der Waals surface area contributed by atoms with E-state index in [2.05, 4.69) is 15.4 Å². The maximum Gasteiger partial charge on any atom is 0.314 e. The number of benzene rings is 2. The Labute approximate surface area is 188 Å². The zero-order valence-corrected chi connectivity index (χ0v) is 19.1. The highest BCUT2D eigenvalue weighted by molar-refractivity contribution is 5.98. The Hall–Kier alpha value is -3.35. The molecule has 3 rings (SSSR count). The average Bonchev–Trinajstić information content (AvgIpc) is 3.27. The van der Waals surface area contributed by atoms with E-state index in [0.29, 0.717) is 18.7 Å². The van der Waals surface area contributed by atoms with E-state index in [-0.39, 0.29) is 17.7 Å². The molecular weight excluding hydrogens is 404 g/mol. The fourth-order valence-electron chi connectivity index (χ4n) is 3.46. The lowest BCUT2D eigenvalue weighted by atomic mass is 9.91. The van der Waals surface area contributed by atoms with Gasteiger partial charge in [0.15, 0.2) is 0 Å². The highest BCUT2D eigenvalue weighted by atomic mass is 16.4. The molecule has 0 fully saturated rings. The van der Waals surface area contributed by atoms with Crippen molar-refractivity contribution in [3.05, 3.63) is 54.1 Å². The van der Waals surface area contributed by atoms with Crippen LogP contribution in [0.2, 0.25) is 0 Å². The van der Waals surface area contributed by atoms with Crippen molar-refractivity contribution < 1.29 is 14.7 Å². The van der Waals surface area contributed by atoms with Crippen LogP contribution in [0.5, 0.6) is 0 Å². The van der Waals surface area contributed by atoms with E-state index in [9.17, 15) is 14.7 Å². The Kier molecular flexibility index (Phi) is 7.18. The van der Waals surface area contributed by atoms with Crippen molar-refractivity contribution in [1.29, 1.82) is 0 Å². The number of aliphatic carboxylic acids is 1. The van der Waals surface area contributed by atoms with Crippen LogP contribution < -0.4 is 0 Å². The first-order valence-electron chi connectivity index (χ1n) is 11.0. The van der Waals surface area contributed by atoms with E-state index in [1.807, 2.05) is 76.2 Å². The first-order valence-corrected chi connectivity index (χ1v) is 11.0. The van der Waals surface area contributed by atoms with Crippen molar-refractivity contribution >= 4 is 11.8 Å². The standard InChI is InChI=1S/C25H30N4O3/c1-5-6-11-22(30)21(24(31)32)16-17-12-14-18(15-13-17)19-9-7-8-10-20(19)23-26-28-29(27-23)25(2,3)4/h7-10,12-15,21H,5-6,11,16H2,1-4H3,(H,31,32). The van der Waals surface area contributed by atoms with Crippen LogP contribution >= 0.6 is 0 Å². The molecule has 7 heteroatoms. The Balaban J connectivity index is 1.85. The molecule has 168 valence electrons. The van der Waals surface area contributed by atoms with Crippen molar-refractivity contribution in [2.45, 2.75) is 58.9 Å². The number of carboxylic acids is 1. The number of carbonyl (C=O) groups excluding carboxylic acids is 1. The van der Waals surface area contributed by atoms with Gasteiger partial charge in [-0.2, -0.15) is 4.80 Å². The summed E-state index contributed by atoms with van der Waals surface area (Å²) in [6, 6.07) is 15.5. The Morgan fingerprint density at radius 1 is 1.03 bits per heavy atom. The normalized spacial score (nSPS) is 12.5. The Morgan fingerprint density at radius 2 is 1.69 bits per heavy atom. The molecule has 1 atom stereocenters. The zero-order chi connectivity index (χ0) is 23.3. The lowest BCUT2D eigenvalue weighted by molar-refractivity contribution is -0.146. The van der Waals surface area contributed by atoms with E-state index < -0.39 is 11.9 Å². The summed E-state index contributed by atoms with van der Waals surface area (Å²) in [6.07, 6.45) is 2.08. The Bertz CT molecular complexity index is 1080. The fraction of sp³-hybridized carbons (Fsp3) is 0.400. The minimum Gasteiger partial charge on any atom is -0.481 e. The van der Waals surface area contributed by atoms with Gasteiger partial charge in [-0.25, -0.2) is 0 Å². The van der Waals surface area contributed by atoms with Crippen molar-refractivity contribution in [3.63, 3.8) is 0 Å². The predicted molar refractivity (Wildman–Crippen MR) is 123 cm³/mol. The van der Waals surface area contributed by atoms with Gasteiger partial charge in [-0.1, -0.05) is 61.9 Å². The van der Waals surface area contributed by atoms with Crippen molar-refractivity contribution in [3.8, 4) is 22.5 Å². The van der Waals surface area contributed by atoms with Crippen molar-refractivity contribution in [2.75, 3.05) is 0 Å². The molecule has 2 aromatic carbocycles. The monoisotopic (exact) mass is 434 g/mol. The summed E-state index contributed by atoms with van der Waals surface area (Å²) in [7, 11) is 0. The van der Waals surface area contributed by atoms with Gasteiger partial charge in [-0.15, -0.1) is 10.2 Å². The van der Waals surface area contributed by atoms with Gasteiger partial charge in [0.05, 0.1) is 5.54 Å². The van der Waals surface area contributed by atoms with Gasteiger partial charge in [0.25, 0.3) is 0 Å². The molecule has 32 heavy (non-hydrogen) atoms. The molecule has 3 aromatic rings. The molecule has 0 radical (unpaired) electrons. The molecule has 0 saturated carbocycles. The number of ketones is 1. The van der Waals surface area contributed by atoms with Crippen LogP contribution in [0.15, 0.2) is 48.5 Å². The highest BCUT2D eigenvalue weighted by Crippen LogP contribution is 2.30. The van der Waals surface area contributed by atoms with Crippen molar-refractivity contribution in [1.82, 2.24) is 20.2 Å². The molecular formula is C25H30N4O3. The average molecular weight is 435 g/mol. The number of hydrogen-bond donors (Lipinski definition) is 1. The Morgan fingerprint density at radius 3 is 2.25 bits per heavy atom. The maximum atomic E-state index is 12.3. The second kappa shape index (κ2) is 9.85. The maximum absolute atomic E-state index is 12.3. The van der Waals surface area contributed by atoms with Gasteiger partial charge >= 0.3 is 5.97 Å². The predicted octanol–water partition coefficient (Wildman–Crippen LogP) is 4.76. The second-order valence-electron chi connectivity index (χ2n) is 8.98. The van der Waals surface area contributed by atoms with Crippen LogP contribution in [0.25, 0.3) is 22.5 Å². The SMILES string of the molecule is CCCCC(=O)C(Cc1ccc(-c2ccccc2-c2nnn(C(C)(C)C)n2)cc1)C(=O)O. The highest BCUT2D eigenvalue weighted by Gasteiger charge is 2.26. The van der Waals surface area contributed by atoms with Crippen LogP contribution in [-0.4, -0.2) is 37.1 Å². The first kappa shape index (κ1) is 23.3. The number of carboxylic acid groups (broad SMARTS) is 1. The molecule has 1 N–H and O–H groups in total. The summed E-state index contributed by atoms with van der Waals surface area (Å²) in [4.78, 5) is 25.5. The smallest absolute Gasteiger partial charge is 0.314 e. The minimum atomic E-state index is -1.06. The number of rotatable bonds is 9. The summed E-state index contributed by atoms with van der Waals surface area (Å²) in [5, 5.41) is 22.5. The number of unbranched alkanes of at least 4 members (excludes halogenated alkanes) is 1. The van der Waals surface area contributed by atoms with E-state index in [1.54, 1.807) is 4.80 Å². The van der Waals surface area contributed by atoms with Crippen LogP contribution in [0.4, 0.5) is 0 Å². The third kappa shape index (κ3) is 5.46. The molecule has 0 spiro atoms. The third-order valence-electron chi connectivity index (χ3n) is 5.35. The van der Waals surface area contributed by atoms with Gasteiger partial charge in [0, 0.05) is 12.0 Å². The number of Topliss-reactive ketones (excluding diaryl/α,β-unsaturated/α-hetero) is 1. The molecule has 0 aliphatic carbocycles. The number of hydrogen-bond acceptors (Lipinski definition) is 5. The van der Waals surface area contributed by atoms with Crippen molar-refractivity contribution in [2.24, 2.45) is 5.92 Å². The molecule has 1 unspecified atom stereocenters. The van der Waals surface area contributed by atoms with E-state index in [4.69, 9.17) is 0 Å². The lowest BCUT2D eigenvalue weighted by Crippen LogP contribution is -2.25. The lowest BCUT2D eigenvalue weighted by Gasteiger charge is -2.15.